The number of para-hydroxylation sites is 2. The van der Waals surface area contributed by atoms with Crippen LogP contribution in [0.5, 0.6) is 5.75 Å². The lowest BCUT2D eigenvalue weighted by Crippen LogP contribution is -2.64. The van der Waals surface area contributed by atoms with Crippen LogP contribution in [0.2, 0.25) is 0 Å². The van der Waals surface area contributed by atoms with E-state index in [0.29, 0.717) is 29.9 Å². The normalized spacial score (nSPS) is 22.7. The second-order valence-electron chi connectivity index (χ2n) is 10.5. The van der Waals surface area contributed by atoms with Gasteiger partial charge < -0.3 is 23.8 Å². The Morgan fingerprint density at radius 1 is 1.00 bits per heavy atom. The lowest BCUT2D eigenvalue weighted by atomic mass is 9.83. The lowest BCUT2D eigenvalue weighted by Gasteiger charge is -2.51. The van der Waals surface area contributed by atoms with Crippen molar-refractivity contribution >= 4 is 11.7 Å². The summed E-state index contributed by atoms with van der Waals surface area (Å²) in [6.07, 6.45) is 1.87. The molecule has 4 aromatic rings. The van der Waals surface area contributed by atoms with Crippen LogP contribution in [0.25, 0.3) is 11.5 Å². The lowest BCUT2D eigenvalue weighted by molar-refractivity contribution is -0.958. The Bertz CT molecular complexity index is 1400. The van der Waals surface area contributed by atoms with Gasteiger partial charge in [0.05, 0.1) is 25.8 Å². The number of hydrogen-bond acceptors (Lipinski definition) is 7. The fourth-order valence-corrected chi connectivity index (χ4v) is 5.97. The van der Waals surface area contributed by atoms with E-state index in [1.54, 1.807) is 7.11 Å². The fourth-order valence-electron chi connectivity index (χ4n) is 5.97. The van der Waals surface area contributed by atoms with Crippen LogP contribution < -0.4 is 10.1 Å². The molecule has 1 N–H and O–H groups in total. The standard InChI is InChI=1S/C31H33N4O4/c1-37-26-15-9-8-14-25(26)30-33-28(34-39-30)21-35-18-16-22(17-19-35)27(20-35)38-31(36)29(23-10-4-2-5-11-23)32-24-12-6-3-7-13-24/h2-15,22,27,29,32H,16-21H2,1H3/q+1/t22?,27-,29+,35?/m0/s1. The van der Waals surface area contributed by atoms with Gasteiger partial charge in [-0.3, -0.25) is 0 Å². The highest BCUT2D eigenvalue weighted by Gasteiger charge is 2.48. The second-order valence-corrected chi connectivity index (χ2v) is 10.5. The molecule has 0 spiro atoms. The number of hydrogen-bond donors (Lipinski definition) is 1. The van der Waals surface area contributed by atoms with Crippen molar-refractivity contribution < 1.29 is 23.3 Å². The zero-order chi connectivity index (χ0) is 26.7. The Morgan fingerprint density at radius 3 is 2.44 bits per heavy atom. The molecule has 39 heavy (non-hydrogen) atoms. The van der Waals surface area contributed by atoms with Crippen LogP contribution in [0, 0.1) is 5.92 Å². The van der Waals surface area contributed by atoms with Crippen LogP contribution in [-0.4, -0.2) is 53.4 Å². The number of piperidine rings is 3. The summed E-state index contributed by atoms with van der Waals surface area (Å²) >= 11 is 0. The molecular weight excluding hydrogens is 492 g/mol. The van der Waals surface area contributed by atoms with Gasteiger partial charge in [-0.05, 0) is 29.8 Å². The molecule has 4 heterocycles. The number of benzene rings is 3. The Kier molecular flexibility index (Phi) is 7.02. The minimum atomic E-state index is -0.585. The molecule has 3 fully saturated rings. The highest BCUT2D eigenvalue weighted by molar-refractivity contribution is 5.81. The Hall–Kier alpha value is -4.17. The molecule has 1 aromatic heterocycles. The number of esters is 1. The summed E-state index contributed by atoms with van der Waals surface area (Å²) in [5.41, 5.74) is 2.54. The van der Waals surface area contributed by atoms with E-state index >= 15 is 0 Å². The summed E-state index contributed by atoms with van der Waals surface area (Å²) in [5.74, 6) is 1.93. The van der Waals surface area contributed by atoms with E-state index < -0.39 is 6.04 Å². The van der Waals surface area contributed by atoms with Crippen molar-refractivity contribution in [2.24, 2.45) is 5.92 Å². The average molecular weight is 526 g/mol. The molecule has 200 valence electrons. The maximum atomic E-state index is 13.6. The quantitative estimate of drug-likeness (QED) is 0.236. The van der Waals surface area contributed by atoms with Crippen LogP contribution in [0.4, 0.5) is 5.69 Å². The zero-order valence-corrected chi connectivity index (χ0v) is 22.0. The van der Waals surface area contributed by atoms with Gasteiger partial charge in [-0.1, -0.05) is 65.8 Å². The number of carbonyl (C=O) groups excluding carboxylic acids is 1. The Labute approximate surface area is 228 Å². The predicted molar refractivity (Wildman–Crippen MR) is 147 cm³/mol. The van der Waals surface area contributed by atoms with Crippen LogP contribution in [0.15, 0.2) is 89.5 Å². The maximum absolute atomic E-state index is 13.6. The first-order valence-corrected chi connectivity index (χ1v) is 13.5. The molecule has 3 aliphatic rings. The number of carbonyl (C=O) groups is 1. The fraction of sp³-hybridized carbons (Fsp3) is 0.323. The van der Waals surface area contributed by atoms with Gasteiger partial charge in [0.15, 0.2) is 12.1 Å². The van der Waals surface area contributed by atoms with Crippen molar-refractivity contribution in [2.75, 3.05) is 32.1 Å². The molecule has 2 atom stereocenters. The van der Waals surface area contributed by atoms with Gasteiger partial charge in [-0.25, -0.2) is 4.79 Å². The first kappa shape index (κ1) is 25.1. The summed E-state index contributed by atoms with van der Waals surface area (Å²) < 4.78 is 18.2. The largest absolute Gasteiger partial charge is 0.496 e. The van der Waals surface area contributed by atoms with E-state index in [2.05, 4.69) is 10.5 Å². The van der Waals surface area contributed by atoms with Gasteiger partial charge in [0.2, 0.25) is 5.82 Å². The molecular formula is C31H33N4O4+. The van der Waals surface area contributed by atoms with Gasteiger partial charge in [0, 0.05) is 24.4 Å². The molecule has 3 aliphatic heterocycles. The molecule has 0 aliphatic carbocycles. The number of anilines is 1. The summed E-state index contributed by atoms with van der Waals surface area (Å²) in [6, 6.07) is 26.6. The number of nitrogens with one attached hydrogen (secondary N) is 1. The van der Waals surface area contributed by atoms with E-state index in [1.807, 2.05) is 84.9 Å². The van der Waals surface area contributed by atoms with Crippen LogP contribution in [0.3, 0.4) is 0 Å². The number of nitrogens with zero attached hydrogens (tertiary/aromatic N) is 3. The van der Waals surface area contributed by atoms with Crippen LogP contribution in [0.1, 0.15) is 30.3 Å². The molecule has 0 amide bonds. The van der Waals surface area contributed by atoms with Gasteiger partial charge in [-0.2, -0.15) is 4.98 Å². The number of rotatable bonds is 9. The van der Waals surface area contributed by atoms with Crippen molar-refractivity contribution in [3.63, 3.8) is 0 Å². The van der Waals surface area contributed by atoms with Crippen molar-refractivity contribution in [3.05, 3.63) is 96.3 Å². The Balaban J connectivity index is 1.17. The van der Waals surface area contributed by atoms with E-state index in [0.717, 1.165) is 53.8 Å². The van der Waals surface area contributed by atoms with Crippen molar-refractivity contribution in [3.8, 4) is 17.2 Å². The third kappa shape index (κ3) is 5.38. The molecule has 0 unspecified atom stereocenters. The second kappa shape index (κ2) is 10.9. The van der Waals surface area contributed by atoms with Gasteiger partial charge in [-0.15, -0.1) is 0 Å². The molecule has 3 saturated heterocycles. The third-order valence-electron chi connectivity index (χ3n) is 8.04. The topological polar surface area (TPSA) is 86.5 Å². The molecule has 0 saturated carbocycles. The number of aromatic nitrogens is 2. The van der Waals surface area contributed by atoms with E-state index in [-0.39, 0.29) is 12.1 Å². The van der Waals surface area contributed by atoms with Gasteiger partial charge in [0.25, 0.3) is 5.89 Å². The summed E-state index contributed by atoms with van der Waals surface area (Å²) in [7, 11) is 1.63. The van der Waals surface area contributed by atoms with Crippen molar-refractivity contribution in [1.29, 1.82) is 0 Å². The first-order valence-electron chi connectivity index (χ1n) is 13.5. The zero-order valence-electron chi connectivity index (χ0n) is 22.0. The van der Waals surface area contributed by atoms with Gasteiger partial charge in [0.1, 0.15) is 18.8 Å². The van der Waals surface area contributed by atoms with E-state index in [4.69, 9.17) is 19.0 Å². The molecule has 8 heteroatoms. The van der Waals surface area contributed by atoms with Crippen molar-refractivity contribution in [1.82, 2.24) is 10.1 Å². The van der Waals surface area contributed by atoms with Gasteiger partial charge >= 0.3 is 5.97 Å². The highest BCUT2D eigenvalue weighted by Crippen LogP contribution is 2.38. The van der Waals surface area contributed by atoms with E-state index in [9.17, 15) is 4.79 Å². The molecule has 2 bridgehead atoms. The summed E-state index contributed by atoms with van der Waals surface area (Å²) in [6.45, 7) is 3.43. The SMILES string of the molecule is COc1ccccc1-c1nc(C[N+]23CCC(CC2)[C@@H](OC(=O)[C@H](Nc2ccccc2)c2ccccc2)C3)no1. The predicted octanol–water partition coefficient (Wildman–Crippen LogP) is 5.25. The summed E-state index contributed by atoms with van der Waals surface area (Å²) in [5, 5.41) is 7.68. The number of quaternary nitrogens is 1. The smallest absolute Gasteiger partial charge is 0.333 e. The monoisotopic (exact) mass is 525 g/mol. The van der Waals surface area contributed by atoms with E-state index in [1.165, 1.54) is 0 Å². The first-order chi connectivity index (χ1) is 19.1. The average Bonchev–Trinajstić information content (AvgIpc) is 3.45. The number of fused-ring (bicyclic) bond motifs is 3. The Morgan fingerprint density at radius 2 is 1.69 bits per heavy atom. The summed E-state index contributed by atoms with van der Waals surface area (Å²) in [4.78, 5) is 18.3. The molecule has 0 radical (unpaired) electrons. The number of methoxy groups -OCH3 is 1. The minimum absolute atomic E-state index is 0.149. The number of ether oxygens (including phenoxy) is 2. The highest BCUT2D eigenvalue weighted by atomic mass is 16.5. The van der Waals surface area contributed by atoms with Crippen LogP contribution in [-0.2, 0) is 16.1 Å². The minimum Gasteiger partial charge on any atom is -0.496 e. The third-order valence-corrected chi connectivity index (χ3v) is 8.04. The molecule has 3 aromatic carbocycles. The van der Waals surface area contributed by atoms with Crippen LogP contribution >= 0.6 is 0 Å². The molecule has 8 nitrogen and oxygen atoms in total. The maximum Gasteiger partial charge on any atom is 0.333 e. The molecule has 7 rings (SSSR count). The van der Waals surface area contributed by atoms with Crippen molar-refractivity contribution in [2.45, 2.75) is 31.5 Å².